The average Bonchev–Trinajstić information content (AvgIpc) is 2.95. The number of aliphatic carboxylic acids is 1. The fraction of sp³-hybridized carbons (Fsp3) is 0.743. The number of carboxylic acid groups (broad SMARTS) is 1. The Bertz CT molecular complexity index is 728. The van der Waals surface area contributed by atoms with E-state index in [1.807, 2.05) is 6.08 Å². The predicted molar refractivity (Wildman–Crippen MR) is 171 cm³/mol. The van der Waals surface area contributed by atoms with Crippen LogP contribution in [-0.4, -0.2) is 35.6 Å². The van der Waals surface area contributed by atoms with Crippen LogP contribution in [0.5, 0.6) is 0 Å². The van der Waals surface area contributed by atoms with E-state index in [1.165, 1.54) is 64.2 Å². The highest BCUT2D eigenvalue weighted by Crippen LogP contribution is 2.14. The van der Waals surface area contributed by atoms with E-state index in [0.29, 0.717) is 12.8 Å². The van der Waals surface area contributed by atoms with Gasteiger partial charge in [-0.25, -0.2) is 0 Å². The van der Waals surface area contributed by atoms with Crippen molar-refractivity contribution in [3.63, 3.8) is 0 Å². The summed E-state index contributed by atoms with van der Waals surface area (Å²) < 4.78 is 5.83. The van der Waals surface area contributed by atoms with Crippen LogP contribution in [0, 0.1) is 0 Å². The standard InChI is InChI=1S/C35H61NO5/c1-3-5-7-9-11-13-14-16-18-20-26-30-35(40)41-32(27-23-19-17-15-12-10-8-6-4-2)28-24-21-22-25-29-33(37)36-31-34(38)39/h9,11,15,17,23,27,32H,3-8,10,12-14,16,18-22,24-26,28-31H2,1-2H3,(H,36,37)(H,38,39)/b11-9-,17-15-,27-23-. The Balaban J connectivity index is 4.31. The number of carboxylic acids is 1. The molecule has 0 rings (SSSR count). The molecule has 0 bridgehead atoms. The summed E-state index contributed by atoms with van der Waals surface area (Å²) >= 11 is 0. The Morgan fingerprint density at radius 2 is 1.22 bits per heavy atom. The van der Waals surface area contributed by atoms with Gasteiger partial charge in [0.25, 0.3) is 0 Å². The zero-order chi connectivity index (χ0) is 30.2. The maximum atomic E-state index is 12.5. The number of carbonyl (C=O) groups is 3. The molecule has 0 aliphatic rings. The first-order chi connectivity index (χ1) is 20.0. The molecule has 0 aromatic carbocycles. The average molecular weight is 576 g/mol. The summed E-state index contributed by atoms with van der Waals surface area (Å²) in [7, 11) is 0. The van der Waals surface area contributed by atoms with Crippen LogP contribution in [0.1, 0.15) is 155 Å². The smallest absolute Gasteiger partial charge is 0.322 e. The second-order valence-electron chi connectivity index (χ2n) is 11.1. The lowest BCUT2D eigenvalue weighted by Gasteiger charge is -2.14. The molecule has 0 radical (unpaired) electrons. The molecule has 0 aliphatic carbocycles. The zero-order valence-corrected chi connectivity index (χ0v) is 26.4. The van der Waals surface area contributed by atoms with Crippen LogP contribution in [0.2, 0.25) is 0 Å². The van der Waals surface area contributed by atoms with Gasteiger partial charge in [0.15, 0.2) is 0 Å². The van der Waals surface area contributed by atoms with Gasteiger partial charge in [-0.15, -0.1) is 0 Å². The van der Waals surface area contributed by atoms with Crippen molar-refractivity contribution in [1.29, 1.82) is 0 Å². The van der Waals surface area contributed by atoms with Gasteiger partial charge < -0.3 is 15.2 Å². The maximum Gasteiger partial charge on any atom is 0.322 e. The highest BCUT2D eigenvalue weighted by molar-refractivity contribution is 5.80. The Hall–Kier alpha value is -2.37. The highest BCUT2D eigenvalue weighted by atomic mass is 16.5. The molecule has 2 N–H and O–H groups in total. The van der Waals surface area contributed by atoms with Crippen LogP contribution < -0.4 is 5.32 Å². The summed E-state index contributed by atoms with van der Waals surface area (Å²) in [5.74, 6) is -1.37. The molecule has 0 saturated carbocycles. The lowest BCUT2D eigenvalue weighted by molar-refractivity contribution is -0.147. The molecule has 0 heterocycles. The monoisotopic (exact) mass is 575 g/mol. The van der Waals surface area contributed by atoms with Gasteiger partial charge >= 0.3 is 11.9 Å². The van der Waals surface area contributed by atoms with Gasteiger partial charge in [0.2, 0.25) is 5.91 Å². The highest BCUT2D eigenvalue weighted by Gasteiger charge is 2.11. The number of hydrogen-bond donors (Lipinski definition) is 2. The van der Waals surface area contributed by atoms with Crippen molar-refractivity contribution in [3.05, 3.63) is 36.5 Å². The van der Waals surface area contributed by atoms with Crippen LogP contribution in [0.4, 0.5) is 0 Å². The molecular formula is C35H61NO5. The molecule has 0 fully saturated rings. The number of nitrogens with one attached hydrogen (secondary N) is 1. The largest absolute Gasteiger partial charge is 0.480 e. The first-order valence-electron chi connectivity index (χ1n) is 16.6. The lowest BCUT2D eigenvalue weighted by atomic mass is 10.1. The van der Waals surface area contributed by atoms with Crippen molar-refractivity contribution in [1.82, 2.24) is 5.32 Å². The van der Waals surface area contributed by atoms with Gasteiger partial charge in [0.1, 0.15) is 12.6 Å². The van der Waals surface area contributed by atoms with Gasteiger partial charge in [-0.2, -0.15) is 0 Å². The number of unbranched alkanes of at least 4 members (excludes halogenated alkanes) is 14. The van der Waals surface area contributed by atoms with E-state index in [-0.39, 0.29) is 24.5 Å². The number of hydrogen-bond acceptors (Lipinski definition) is 4. The molecule has 1 unspecified atom stereocenters. The second-order valence-corrected chi connectivity index (χ2v) is 11.1. The maximum absolute atomic E-state index is 12.5. The molecular weight excluding hydrogens is 514 g/mol. The third-order valence-electron chi connectivity index (χ3n) is 7.02. The molecule has 1 atom stereocenters. The number of esters is 1. The van der Waals surface area contributed by atoms with Gasteiger partial charge in [0.05, 0.1) is 0 Å². The van der Waals surface area contributed by atoms with Crippen molar-refractivity contribution in [2.75, 3.05) is 6.54 Å². The summed E-state index contributed by atoms with van der Waals surface area (Å²) in [6, 6.07) is 0. The van der Waals surface area contributed by atoms with Gasteiger partial charge in [-0.3, -0.25) is 14.4 Å². The number of amides is 1. The molecule has 6 heteroatoms. The fourth-order valence-electron chi connectivity index (χ4n) is 4.50. The van der Waals surface area contributed by atoms with Gasteiger partial charge in [0, 0.05) is 12.8 Å². The molecule has 0 aliphatic heterocycles. The molecule has 1 amide bonds. The molecule has 6 nitrogen and oxygen atoms in total. The van der Waals surface area contributed by atoms with Crippen molar-refractivity contribution in [3.8, 4) is 0 Å². The Labute approximate surface area is 251 Å². The number of carbonyl (C=O) groups excluding carboxylic acids is 2. The second kappa shape index (κ2) is 30.6. The topological polar surface area (TPSA) is 92.7 Å². The van der Waals surface area contributed by atoms with E-state index in [9.17, 15) is 14.4 Å². The first kappa shape index (κ1) is 38.6. The Kier molecular flexibility index (Phi) is 28.8. The van der Waals surface area contributed by atoms with E-state index in [4.69, 9.17) is 9.84 Å². The van der Waals surface area contributed by atoms with E-state index in [2.05, 4.69) is 49.5 Å². The van der Waals surface area contributed by atoms with Crippen molar-refractivity contribution < 1.29 is 24.2 Å². The van der Waals surface area contributed by atoms with Crippen LogP contribution in [0.15, 0.2) is 36.5 Å². The Morgan fingerprint density at radius 3 is 1.90 bits per heavy atom. The van der Waals surface area contributed by atoms with Crippen molar-refractivity contribution in [2.45, 2.75) is 161 Å². The molecule has 236 valence electrons. The summed E-state index contributed by atoms with van der Waals surface area (Å²) in [6.07, 6.45) is 35.5. The number of rotatable bonds is 29. The summed E-state index contributed by atoms with van der Waals surface area (Å²) in [4.78, 5) is 34.7. The SMILES string of the molecule is CCCC/C=C\CCCCCCCC(=O)OC(/C=C\C/C=C\CCCCCC)CCCCCCC(=O)NCC(=O)O. The van der Waals surface area contributed by atoms with Crippen LogP contribution in [0.25, 0.3) is 0 Å². The van der Waals surface area contributed by atoms with Crippen molar-refractivity contribution >= 4 is 17.8 Å². The lowest BCUT2D eigenvalue weighted by Crippen LogP contribution is -2.28. The molecule has 0 aromatic rings. The molecule has 0 saturated heterocycles. The van der Waals surface area contributed by atoms with E-state index < -0.39 is 5.97 Å². The third-order valence-corrected chi connectivity index (χ3v) is 7.02. The summed E-state index contributed by atoms with van der Waals surface area (Å²) in [5, 5.41) is 11.0. The first-order valence-corrected chi connectivity index (χ1v) is 16.6. The Morgan fingerprint density at radius 1 is 0.659 bits per heavy atom. The minimum Gasteiger partial charge on any atom is -0.480 e. The van der Waals surface area contributed by atoms with Gasteiger partial charge in [-0.05, 0) is 70.3 Å². The molecule has 0 spiro atoms. The van der Waals surface area contributed by atoms with Gasteiger partial charge in [-0.1, -0.05) is 108 Å². The van der Waals surface area contributed by atoms with Crippen molar-refractivity contribution in [2.24, 2.45) is 0 Å². The van der Waals surface area contributed by atoms with Crippen LogP contribution in [-0.2, 0) is 19.1 Å². The summed E-state index contributed by atoms with van der Waals surface area (Å²) in [5.41, 5.74) is 0. The zero-order valence-electron chi connectivity index (χ0n) is 26.4. The van der Waals surface area contributed by atoms with E-state index in [0.717, 1.165) is 64.2 Å². The van der Waals surface area contributed by atoms with Crippen LogP contribution in [0.3, 0.4) is 0 Å². The normalized spacial score (nSPS) is 12.4. The fourth-order valence-corrected chi connectivity index (χ4v) is 4.50. The third kappa shape index (κ3) is 30.4. The predicted octanol–water partition coefficient (Wildman–Crippen LogP) is 9.39. The van der Waals surface area contributed by atoms with E-state index in [1.54, 1.807) is 0 Å². The van der Waals surface area contributed by atoms with E-state index >= 15 is 0 Å². The minimum atomic E-state index is -1.03. The number of ether oxygens (including phenoxy) is 1. The summed E-state index contributed by atoms with van der Waals surface area (Å²) in [6.45, 7) is 4.12. The molecule has 41 heavy (non-hydrogen) atoms. The molecule has 0 aromatic heterocycles. The quantitative estimate of drug-likeness (QED) is 0.0526. The minimum absolute atomic E-state index is 0.111. The number of allylic oxidation sites excluding steroid dienone is 5. The van der Waals surface area contributed by atoms with Crippen LogP contribution >= 0.6 is 0 Å².